The number of nitrogens with zero attached hydrogens (tertiary/aromatic N) is 3. The van der Waals surface area contributed by atoms with E-state index in [9.17, 15) is 17.9 Å². The highest BCUT2D eigenvalue weighted by Gasteiger charge is 2.22. The molecule has 2 aromatic carbocycles. The van der Waals surface area contributed by atoms with Crippen LogP contribution in [-0.2, 0) is 16.0 Å². The maximum absolute atomic E-state index is 13.8. The zero-order chi connectivity index (χ0) is 18.0. The van der Waals surface area contributed by atoms with Crippen LogP contribution >= 0.6 is 0 Å². The van der Waals surface area contributed by atoms with Gasteiger partial charge in [-0.1, -0.05) is 6.07 Å². The molecule has 0 aliphatic heterocycles. The van der Waals surface area contributed by atoms with Gasteiger partial charge in [0.2, 0.25) is 0 Å². The highest BCUT2D eigenvalue weighted by molar-refractivity contribution is 7.81. The van der Waals surface area contributed by atoms with Gasteiger partial charge in [-0.05, 0) is 30.3 Å². The summed E-state index contributed by atoms with van der Waals surface area (Å²) in [5.41, 5.74) is 0.586. The van der Waals surface area contributed by atoms with Gasteiger partial charge in [-0.25, -0.2) is 9.18 Å². The molecule has 0 spiro atoms. The predicted octanol–water partition coefficient (Wildman–Crippen LogP) is 2.49. The quantitative estimate of drug-likeness (QED) is 0.524. The number of rotatable bonds is 4. The molecule has 0 aliphatic rings. The standard InChI is InChI=1S/C16H12FN3O4S/c1-24-16(21)11-6-5-10(17)9-14(11)20(25(22)23)13-4-2-3-12-15(13)19-8-7-18-12/h2-9H,1H3,(H,22,23)/p-1. The maximum atomic E-state index is 13.8. The summed E-state index contributed by atoms with van der Waals surface area (Å²) < 4.78 is 43.0. The molecule has 0 bridgehead atoms. The zero-order valence-corrected chi connectivity index (χ0v) is 13.7. The van der Waals surface area contributed by atoms with Crippen LogP contribution < -0.4 is 4.31 Å². The van der Waals surface area contributed by atoms with Crippen LogP contribution in [0.25, 0.3) is 11.0 Å². The lowest BCUT2D eigenvalue weighted by atomic mass is 10.1. The minimum Gasteiger partial charge on any atom is -0.755 e. The van der Waals surface area contributed by atoms with E-state index in [1.165, 1.54) is 18.5 Å². The summed E-state index contributed by atoms with van der Waals surface area (Å²) in [5, 5.41) is 0. The van der Waals surface area contributed by atoms with Crippen molar-refractivity contribution in [2.45, 2.75) is 0 Å². The summed E-state index contributed by atoms with van der Waals surface area (Å²) >= 11 is -2.86. The molecule has 1 heterocycles. The number of halogens is 1. The number of benzene rings is 2. The van der Waals surface area contributed by atoms with Crippen LogP contribution in [0, 0.1) is 5.82 Å². The van der Waals surface area contributed by atoms with E-state index in [1.807, 2.05) is 0 Å². The Morgan fingerprint density at radius 2 is 1.96 bits per heavy atom. The fraction of sp³-hybridized carbons (Fsp3) is 0.0625. The molecule has 0 fully saturated rings. The van der Waals surface area contributed by atoms with Gasteiger partial charge in [0.05, 0.1) is 40.8 Å². The molecule has 0 saturated carbocycles. The number of esters is 1. The molecular formula is C16H11FN3O4S-. The molecule has 3 rings (SSSR count). The number of fused-ring (bicyclic) bond motifs is 1. The summed E-state index contributed by atoms with van der Waals surface area (Å²) in [5.74, 6) is -1.50. The second-order valence-electron chi connectivity index (χ2n) is 4.87. The van der Waals surface area contributed by atoms with Crippen LogP contribution in [0.5, 0.6) is 0 Å². The molecule has 128 valence electrons. The summed E-state index contributed by atoms with van der Waals surface area (Å²) in [7, 11) is 1.15. The number of carbonyl (C=O) groups excluding carboxylic acids is 1. The Labute approximate surface area is 144 Å². The molecule has 0 amide bonds. The Hall–Kier alpha value is -2.91. The molecule has 0 N–H and O–H groups in total. The molecule has 1 unspecified atom stereocenters. The monoisotopic (exact) mass is 360 g/mol. The van der Waals surface area contributed by atoms with Crippen LogP contribution in [0.3, 0.4) is 0 Å². The summed E-state index contributed by atoms with van der Waals surface area (Å²) in [4.78, 5) is 20.2. The lowest BCUT2D eigenvalue weighted by molar-refractivity contribution is 0.0601. The van der Waals surface area contributed by atoms with E-state index in [2.05, 4.69) is 14.7 Å². The number of anilines is 2. The van der Waals surface area contributed by atoms with E-state index < -0.39 is 23.1 Å². The average Bonchev–Trinajstić information content (AvgIpc) is 2.61. The smallest absolute Gasteiger partial charge is 0.340 e. The van der Waals surface area contributed by atoms with Crippen molar-refractivity contribution in [3.8, 4) is 0 Å². The van der Waals surface area contributed by atoms with Crippen LogP contribution in [-0.4, -0.2) is 31.8 Å². The van der Waals surface area contributed by atoms with Gasteiger partial charge in [-0.3, -0.25) is 18.5 Å². The molecule has 9 heteroatoms. The van der Waals surface area contributed by atoms with Gasteiger partial charge in [0.1, 0.15) is 11.3 Å². The molecule has 25 heavy (non-hydrogen) atoms. The number of ether oxygens (including phenoxy) is 1. The van der Waals surface area contributed by atoms with E-state index in [1.54, 1.807) is 12.1 Å². The first-order chi connectivity index (χ1) is 12.0. The lowest BCUT2D eigenvalue weighted by Gasteiger charge is -2.28. The van der Waals surface area contributed by atoms with Crippen LogP contribution in [0.2, 0.25) is 0 Å². The highest BCUT2D eigenvalue weighted by atomic mass is 32.2. The third-order valence-corrected chi connectivity index (χ3v) is 4.12. The Morgan fingerprint density at radius 1 is 1.20 bits per heavy atom. The number of aromatic nitrogens is 2. The van der Waals surface area contributed by atoms with Crippen molar-refractivity contribution in [2.75, 3.05) is 11.4 Å². The van der Waals surface area contributed by atoms with Gasteiger partial charge >= 0.3 is 5.97 Å². The van der Waals surface area contributed by atoms with E-state index in [-0.39, 0.29) is 22.5 Å². The van der Waals surface area contributed by atoms with Crippen molar-refractivity contribution in [1.29, 1.82) is 0 Å². The fourth-order valence-corrected chi connectivity index (χ4v) is 3.01. The van der Waals surface area contributed by atoms with Gasteiger partial charge in [0.15, 0.2) is 0 Å². The topological polar surface area (TPSA) is 95.5 Å². The summed E-state index contributed by atoms with van der Waals surface area (Å²) in [6.07, 6.45) is 2.87. The Kier molecular flexibility index (Phi) is 4.68. The van der Waals surface area contributed by atoms with Crippen molar-refractivity contribution in [3.63, 3.8) is 0 Å². The number of carbonyl (C=O) groups is 1. The minimum absolute atomic E-state index is 0.103. The molecule has 1 atom stereocenters. The van der Waals surface area contributed by atoms with Crippen molar-refractivity contribution in [3.05, 3.63) is 60.2 Å². The summed E-state index contributed by atoms with van der Waals surface area (Å²) in [6, 6.07) is 7.88. The van der Waals surface area contributed by atoms with Gasteiger partial charge in [-0.2, -0.15) is 0 Å². The first-order valence-electron chi connectivity index (χ1n) is 7.00. The van der Waals surface area contributed by atoms with Crippen LogP contribution in [0.15, 0.2) is 48.8 Å². The minimum atomic E-state index is -2.86. The largest absolute Gasteiger partial charge is 0.755 e. The molecular weight excluding hydrogens is 349 g/mol. The zero-order valence-electron chi connectivity index (χ0n) is 12.9. The van der Waals surface area contributed by atoms with Crippen molar-refractivity contribution >= 4 is 39.6 Å². The Balaban J connectivity index is 2.29. The third-order valence-electron chi connectivity index (χ3n) is 3.43. The SMILES string of the molecule is COC(=O)c1ccc(F)cc1N(c1cccc2nccnc12)S(=O)[O-]. The number of methoxy groups -OCH3 is 1. The Morgan fingerprint density at radius 3 is 2.68 bits per heavy atom. The van der Waals surface area contributed by atoms with E-state index >= 15 is 0 Å². The number of hydrogen-bond donors (Lipinski definition) is 0. The van der Waals surface area contributed by atoms with Crippen molar-refractivity contribution in [2.24, 2.45) is 0 Å². The lowest BCUT2D eigenvalue weighted by Crippen LogP contribution is -2.23. The van der Waals surface area contributed by atoms with Gasteiger partial charge in [-0.15, -0.1) is 0 Å². The maximum Gasteiger partial charge on any atom is 0.340 e. The average molecular weight is 360 g/mol. The second-order valence-corrected chi connectivity index (χ2v) is 5.67. The fourth-order valence-electron chi connectivity index (χ4n) is 2.39. The van der Waals surface area contributed by atoms with Gasteiger partial charge in [0, 0.05) is 12.4 Å². The molecule has 1 aromatic heterocycles. The summed E-state index contributed by atoms with van der Waals surface area (Å²) in [6.45, 7) is 0. The highest BCUT2D eigenvalue weighted by Crippen LogP contribution is 2.34. The van der Waals surface area contributed by atoms with Crippen LogP contribution in [0.4, 0.5) is 15.8 Å². The molecule has 3 aromatic rings. The van der Waals surface area contributed by atoms with Crippen molar-refractivity contribution < 1.29 is 22.7 Å². The second kappa shape index (κ2) is 6.91. The molecule has 0 radical (unpaired) electrons. The molecule has 0 saturated heterocycles. The molecule has 7 nitrogen and oxygen atoms in total. The Bertz CT molecular complexity index is 977. The van der Waals surface area contributed by atoms with Gasteiger partial charge in [0.25, 0.3) is 0 Å². The first-order valence-corrected chi connectivity index (χ1v) is 8.03. The van der Waals surface area contributed by atoms with E-state index in [0.717, 1.165) is 29.6 Å². The van der Waals surface area contributed by atoms with E-state index in [0.29, 0.717) is 5.52 Å². The normalized spacial score (nSPS) is 12.0. The molecule has 0 aliphatic carbocycles. The number of hydrogen-bond acceptors (Lipinski definition) is 6. The number of para-hydroxylation sites is 1. The first kappa shape index (κ1) is 16.9. The third kappa shape index (κ3) is 3.19. The van der Waals surface area contributed by atoms with Crippen LogP contribution in [0.1, 0.15) is 10.4 Å². The predicted molar refractivity (Wildman–Crippen MR) is 88.3 cm³/mol. The van der Waals surface area contributed by atoms with E-state index in [4.69, 9.17) is 0 Å². The van der Waals surface area contributed by atoms with Crippen molar-refractivity contribution in [1.82, 2.24) is 9.97 Å². The van der Waals surface area contributed by atoms with Gasteiger partial charge < -0.3 is 9.29 Å².